The van der Waals surface area contributed by atoms with E-state index in [0.717, 1.165) is 66.6 Å². The minimum atomic E-state index is 0. The van der Waals surface area contributed by atoms with Gasteiger partial charge in [0.25, 0.3) is 0 Å². The summed E-state index contributed by atoms with van der Waals surface area (Å²) < 4.78 is 0. The Morgan fingerprint density at radius 3 is 1.46 bits per heavy atom. The number of hydrogen-bond donors (Lipinski definition) is 8. The van der Waals surface area contributed by atoms with E-state index in [0.29, 0.717) is 58.3 Å². The van der Waals surface area contributed by atoms with Crippen LogP contribution in [0.25, 0.3) is 6.08 Å². The fraction of sp³-hybridized carbons (Fsp3) is 0.280. The van der Waals surface area contributed by atoms with Crippen molar-refractivity contribution in [3.8, 4) is 23.0 Å². The van der Waals surface area contributed by atoms with Crippen LogP contribution in [0.1, 0.15) is 123 Å². The first-order valence-corrected chi connectivity index (χ1v) is 22.9. The number of phenols is 4. The molecular formula is C50H74N4O4P8Rh2Y2. The molecule has 0 aliphatic heterocycles. The number of allylic oxidation sites excluding steroid dienone is 7. The summed E-state index contributed by atoms with van der Waals surface area (Å²) >= 11 is 0. The standard InChI is InChI=1S/C13H18NOP.C12H14NOP.C12H13NOP.C12H14NOP.CH3.4H3P.2Rh.2Y/c1-6-4-5-9-10(7(6)2)8(3)13(16)12(15)11(9)14;2*1-5-8-6-2-3-7(4-6)9(8)10(13)11(14)12(5)15;1-6-4-3-5-8-9(6)7(2)12(15)11(14)10(8)13;;;;;;;;;/h4-7,15H,14,16H2,1-3H3;2-3,6-7,14H,4,13,15H2,1H3;2-4,6-7,14H,13,15H2,1H3;3-6,14H,1,13,15H2,2H3;5*1H3;;;;/q;;-1;-2;-1;;;;;2*+2;;. The fourth-order valence-electron chi connectivity index (χ4n) is 10.0. The second-order valence-corrected chi connectivity index (χ2v) is 19.5. The Morgan fingerprint density at radius 1 is 0.543 bits per heavy atom. The van der Waals surface area contributed by atoms with E-state index in [-0.39, 0.29) is 180 Å². The van der Waals surface area contributed by atoms with E-state index in [2.05, 4.69) is 101 Å². The van der Waals surface area contributed by atoms with Gasteiger partial charge in [0.2, 0.25) is 0 Å². The Labute approximate surface area is 517 Å². The second-order valence-electron chi connectivity index (χ2n) is 17.1. The number of nitrogens with two attached hydrogens (primary N) is 4. The summed E-state index contributed by atoms with van der Waals surface area (Å²) in [7, 11) is 10.3. The van der Waals surface area contributed by atoms with Gasteiger partial charge in [-0.1, -0.05) is 49.3 Å². The molecule has 382 valence electrons. The number of anilines is 4. The number of nitrogen functional groups attached to an aromatic ring is 4. The Morgan fingerprint density at radius 2 is 0.943 bits per heavy atom. The second kappa shape index (κ2) is 30.2. The third-order valence-electron chi connectivity index (χ3n) is 13.8. The fourth-order valence-corrected chi connectivity index (χ4v) is 11.3. The number of phenolic OH excluding ortho intramolecular Hbond substituents is 4. The molecule has 4 radical (unpaired) electrons. The van der Waals surface area contributed by atoms with Gasteiger partial charge in [0.1, 0.15) is 23.0 Å². The summed E-state index contributed by atoms with van der Waals surface area (Å²) in [5.41, 5.74) is 39.6. The normalized spacial score (nSPS) is 20.4. The number of fused-ring (bicyclic) bond motifs is 12. The smallest absolute Gasteiger partial charge is 0.515 e. The summed E-state index contributed by atoms with van der Waals surface area (Å²) in [4.78, 5) is 0. The molecule has 4 aromatic rings. The van der Waals surface area contributed by atoms with Crippen molar-refractivity contribution >= 4 is 127 Å². The van der Waals surface area contributed by atoms with E-state index in [4.69, 9.17) is 22.9 Å². The Hall–Kier alpha value is 1.00. The van der Waals surface area contributed by atoms with Gasteiger partial charge in [0, 0.05) is 98.7 Å². The molecule has 4 bridgehead atoms. The van der Waals surface area contributed by atoms with Gasteiger partial charge in [-0.15, -0.1) is 78.5 Å². The van der Waals surface area contributed by atoms with Crippen LogP contribution in [0, 0.1) is 60.8 Å². The van der Waals surface area contributed by atoms with Gasteiger partial charge in [-0.05, 0) is 95.9 Å². The molecule has 10 rings (SSSR count). The van der Waals surface area contributed by atoms with Crippen LogP contribution in [0.4, 0.5) is 22.7 Å². The van der Waals surface area contributed by atoms with Gasteiger partial charge in [-0.3, -0.25) is 0 Å². The van der Waals surface area contributed by atoms with Gasteiger partial charge in [0.05, 0.1) is 17.1 Å². The average Bonchev–Trinajstić information content (AvgIpc) is 4.08. The molecule has 6 aliphatic rings. The molecule has 0 saturated heterocycles. The Kier molecular flexibility index (Phi) is 32.5. The van der Waals surface area contributed by atoms with Crippen molar-refractivity contribution in [3.05, 3.63) is 136 Å². The molecule has 0 spiro atoms. The van der Waals surface area contributed by atoms with Crippen molar-refractivity contribution in [1.82, 2.24) is 0 Å². The average molecular weight is 1430 g/mol. The van der Waals surface area contributed by atoms with Crippen molar-refractivity contribution in [1.29, 1.82) is 0 Å². The third kappa shape index (κ3) is 13.5. The van der Waals surface area contributed by atoms with Crippen molar-refractivity contribution in [3.63, 3.8) is 0 Å². The van der Waals surface area contributed by atoms with Gasteiger partial charge >= 0.3 is 39.0 Å². The molecule has 20 heteroatoms. The van der Waals surface area contributed by atoms with Crippen LogP contribution < -0.4 is 44.2 Å². The quantitative estimate of drug-likeness (QED) is 0.0215. The number of hydrogen-bond acceptors (Lipinski definition) is 8. The summed E-state index contributed by atoms with van der Waals surface area (Å²) in [5, 5.41) is 42.8. The van der Waals surface area contributed by atoms with E-state index in [9.17, 15) is 20.4 Å². The zero-order valence-corrected chi connectivity index (χ0v) is 60.5. The van der Waals surface area contributed by atoms with Crippen molar-refractivity contribution < 1.29 is 125 Å². The van der Waals surface area contributed by atoms with Crippen molar-refractivity contribution in [2.75, 3.05) is 22.9 Å². The van der Waals surface area contributed by atoms with Gasteiger partial charge in [-0.25, -0.2) is 0 Å². The van der Waals surface area contributed by atoms with E-state index in [1.807, 2.05) is 45.4 Å². The summed E-state index contributed by atoms with van der Waals surface area (Å²) in [5.74, 6) is 3.55. The van der Waals surface area contributed by atoms with Gasteiger partial charge < -0.3 is 64.1 Å². The van der Waals surface area contributed by atoms with Gasteiger partial charge in [-0.2, -0.15) is 57.7 Å². The molecule has 12 N–H and O–H groups in total. The molecule has 0 saturated carbocycles. The monoisotopic (exact) mass is 1430 g/mol. The molecule has 0 fully saturated rings. The Bertz CT molecular complexity index is 2470. The molecule has 70 heavy (non-hydrogen) atoms. The molecule has 8 nitrogen and oxygen atoms in total. The van der Waals surface area contributed by atoms with Crippen LogP contribution in [0.15, 0.2) is 42.5 Å². The first-order valence-electron chi connectivity index (χ1n) is 20.6. The molecule has 15 atom stereocenters. The van der Waals surface area contributed by atoms with Crippen molar-refractivity contribution in [2.24, 2.45) is 5.92 Å². The maximum atomic E-state index is 9.92. The van der Waals surface area contributed by atoms with Crippen LogP contribution in [0.3, 0.4) is 0 Å². The van der Waals surface area contributed by atoms with E-state index >= 15 is 0 Å². The number of aromatic hydroxyl groups is 4. The molecule has 6 aliphatic carbocycles. The summed E-state index contributed by atoms with van der Waals surface area (Å²) in [6.07, 6.45) is 22.3. The summed E-state index contributed by atoms with van der Waals surface area (Å²) in [6.45, 7) is 16.6. The predicted octanol–water partition coefficient (Wildman–Crippen LogP) is 8.71. The molecule has 0 aromatic heterocycles. The van der Waals surface area contributed by atoms with Crippen LogP contribution in [-0.4, -0.2) is 20.4 Å². The van der Waals surface area contributed by atoms with Crippen LogP contribution >= 0.6 is 76.6 Å². The zero-order valence-electron chi connectivity index (χ0n) is 41.3. The van der Waals surface area contributed by atoms with Crippen molar-refractivity contribution in [2.45, 2.75) is 83.5 Å². The minimum absolute atomic E-state index is 0. The molecule has 15 unspecified atom stereocenters. The largest absolute Gasteiger partial charge is 2.00 e. The van der Waals surface area contributed by atoms with Gasteiger partial charge in [0.15, 0.2) is 0 Å². The maximum Gasteiger partial charge on any atom is 2.00 e. The first-order chi connectivity index (χ1) is 28.7. The molecular weight excluding hydrogens is 1350 g/mol. The zero-order chi connectivity index (χ0) is 44.7. The van der Waals surface area contributed by atoms with Crippen LogP contribution in [0.5, 0.6) is 23.0 Å². The van der Waals surface area contributed by atoms with Crippen LogP contribution in [0.2, 0.25) is 0 Å². The van der Waals surface area contributed by atoms with E-state index in [1.165, 1.54) is 27.8 Å². The number of benzene rings is 4. The Balaban J connectivity index is -0.000000820. The SMILES string of the molecule is Cc1c(P)c(O)c(N)c2c1C(C)C(C)C=C2.Cc1c(P)c(O)c(N)c2c1C1C=CC2C1.Cc1c(P)c(O)c(N)c2c1C1C=CC2[CH-]1.P.P.P.P.[CH2-]C1C=C[CH-]c2c(N)c(O)c(P)c(C)c21.[CH3-].[Rh+2].[Rh+2].[Y].[Y]. The van der Waals surface area contributed by atoms with E-state index in [1.54, 1.807) is 0 Å². The number of rotatable bonds is 0. The van der Waals surface area contributed by atoms with Crippen LogP contribution in [-0.2, 0) is 104 Å². The van der Waals surface area contributed by atoms with E-state index < -0.39 is 0 Å². The topological polar surface area (TPSA) is 185 Å². The first kappa shape index (κ1) is 75.2. The molecule has 4 aromatic carbocycles. The minimum Gasteiger partial charge on any atom is -0.515 e. The molecule has 0 heterocycles. The molecule has 0 amide bonds. The predicted molar refractivity (Wildman–Crippen MR) is 323 cm³/mol. The summed E-state index contributed by atoms with van der Waals surface area (Å²) in [6, 6.07) is 0. The third-order valence-corrected chi connectivity index (χ3v) is 16.6. The maximum absolute atomic E-state index is 9.92.